The molecule has 2 aromatic rings. The normalized spacial score (nSPS) is 19.9. The Morgan fingerprint density at radius 2 is 1.87 bits per heavy atom. The minimum atomic E-state index is -0.620. The number of primary amides is 1. The average molecular weight is 540 g/mol. The van der Waals surface area contributed by atoms with E-state index in [1.807, 2.05) is 26.8 Å². The molecule has 0 aromatic carbocycles. The average Bonchev–Trinajstić information content (AvgIpc) is 2.89. The van der Waals surface area contributed by atoms with E-state index in [-0.39, 0.29) is 29.7 Å². The first-order chi connectivity index (χ1) is 18.5. The Bertz CT molecular complexity index is 1200. The smallest absolute Gasteiger partial charge is 0.410 e. The highest BCUT2D eigenvalue weighted by molar-refractivity contribution is 5.98. The molecule has 4 heterocycles. The summed E-state index contributed by atoms with van der Waals surface area (Å²) in [5.74, 6) is 0.478. The fourth-order valence-corrected chi connectivity index (χ4v) is 4.68. The zero-order chi connectivity index (χ0) is 28.2. The number of hydrogen-bond acceptors (Lipinski definition) is 9. The van der Waals surface area contributed by atoms with Crippen LogP contribution in [0.4, 0.5) is 27.8 Å². The molecule has 4 rings (SSSR count). The van der Waals surface area contributed by atoms with E-state index in [0.29, 0.717) is 49.8 Å². The van der Waals surface area contributed by atoms with Crippen molar-refractivity contribution in [3.8, 4) is 0 Å². The number of hydrogen-bond donors (Lipinski definition) is 3. The van der Waals surface area contributed by atoms with Gasteiger partial charge >= 0.3 is 6.09 Å². The number of rotatable bonds is 7. The number of anilines is 4. The van der Waals surface area contributed by atoms with Crippen LogP contribution in [0.5, 0.6) is 0 Å². The molecule has 12 heteroatoms. The van der Waals surface area contributed by atoms with Crippen molar-refractivity contribution in [3.05, 3.63) is 36.2 Å². The number of nitrogens with zero attached hydrogens (tertiary/aromatic N) is 4. The fourth-order valence-electron chi connectivity index (χ4n) is 4.68. The zero-order valence-electron chi connectivity index (χ0n) is 22.9. The number of nitrogens with two attached hydrogens (primary N) is 1. The van der Waals surface area contributed by atoms with Gasteiger partial charge in [-0.3, -0.25) is 9.59 Å². The highest BCUT2D eigenvalue weighted by Gasteiger charge is 2.34. The number of aromatic nitrogens is 2. The standard InChI is InChI=1S/C27H37N7O5/c1-27(2,3)39-26(37)33-12-10-19(21(16-33)38-4)31-20-13-23(30-15-18(20)25(28)36)32-22-9-8-17(14-29-22)34-11-6-5-7-24(34)35/h8-9,13-15,19,21H,5-7,10-12,16H2,1-4H3,(H2,28,36)(H2,29,30,31,32)/t19-,21+/m1/s1. The molecule has 12 nitrogen and oxygen atoms in total. The summed E-state index contributed by atoms with van der Waals surface area (Å²) in [4.78, 5) is 49.0. The summed E-state index contributed by atoms with van der Waals surface area (Å²) in [5, 5.41) is 6.51. The second-order valence-electron chi connectivity index (χ2n) is 10.7. The van der Waals surface area contributed by atoms with E-state index in [1.54, 1.807) is 35.2 Å². The third-order valence-corrected chi connectivity index (χ3v) is 6.66. The lowest BCUT2D eigenvalue weighted by atomic mass is 10.0. The molecule has 0 spiro atoms. The van der Waals surface area contributed by atoms with Gasteiger partial charge in [0.1, 0.15) is 17.2 Å². The van der Waals surface area contributed by atoms with Gasteiger partial charge in [-0.1, -0.05) is 0 Å². The summed E-state index contributed by atoms with van der Waals surface area (Å²) in [7, 11) is 1.58. The second kappa shape index (κ2) is 11.9. The summed E-state index contributed by atoms with van der Waals surface area (Å²) in [6, 6.07) is 5.12. The van der Waals surface area contributed by atoms with Crippen molar-refractivity contribution in [1.82, 2.24) is 14.9 Å². The molecule has 2 fully saturated rings. The van der Waals surface area contributed by atoms with Gasteiger partial charge in [-0.25, -0.2) is 14.8 Å². The molecule has 0 unspecified atom stereocenters. The molecule has 2 aromatic heterocycles. The van der Waals surface area contributed by atoms with Crippen molar-refractivity contribution in [1.29, 1.82) is 0 Å². The molecule has 0 saturated carbocycles. The Kier molecular flexibility index (Phi) is 8.54. The van der Waals surface area contributed by atoms with Crippen LogP contribution in [0.15, 0.2) is 30.6 Å². The monoisotopic (exact) mass is 539 g/mol. The number of piperidine rings is 2. The maximum absolute atomic E-state index is 12.6. The summed E-state index contributed by atoms with van der Waals surface area (Å²) in [5.41, 5.74) is 6.52. The molecule has 2 aliphatic heterocycles. The lowest BCUT2D eigenvalue weighted by Gasteiger charge is -2.39. The van der Waals surface area contributed by atoms with E-state index in [9.17, 15) is 14.4 Å². The van der Waals surface area contributed by atoms with Crippen molar-refractivity contribution in [2.24, 2.45) is 5.73 Å². The van der Waals surface area contributed by atoms with Gasteiger partial charge in [0.05, 0.1) is 41.8 Å². The third-order valence-electron chi connectivity index (χ3n) is 6.66. The fraction of sp³-hybridized carbons (Fsp3) is 0.519. The van der Waals surface area contributed by atoms with E-state index >= 15 is 0 Å². The number of nitrogens with one attached hydrogen (secondary N) is 2. The maximum Gasteiger partial charge on any atom is 0.410 e. The van der Waals surface area contributed by atoms with Gasteiger partial charge in [0.2, 0.25) is 5.91 Å². The van der Waals surface area contributed by atoms with Gasteiger partial charge in [0, 0.05) is 38.9 Å². The summed E-state index contributed by atoms with van der Waals surface area (Å²) in [6.07, 6.45) is 5.34. The van der Waals surface area contributed by atoms with E-state index < -0.39 is 11.5 Å². The van der Waals surface area contributed by atoms with Crippen LogP contribution in [0.25, 0.3) is 0 Å². The van der Waals surface area contributed by atoms with Crippen LogP contribution < -0.4 is 21.3 Å². The van der Waals surface area contributed by atoms with Crippen LogP contribution in [-0.4, -0.2) is 77.3 Å². The Hall–Kier alpha value is -3.93. The minimum absolute atomic E-state index is 0.106. The van der Waals surface area contributed by atoms with Crippen LogP contribution in [0.1, 0.15) is 56.8 Å². The van der Waals surface area contributed by atoms with E-state index in [2.05, 4.69) is 20.6 Å². The lowest BCUT2D eigenvalue weighted by molar-refractivity contribution is -0.119. The highest BCUT2D eigenvalue weighted by atomic mass is 16.6. The van der Waals surface area contributed by atoms with Crippen molar-refractivity contribution in [2.75, 3.05) is 42.3 Å². The predicted octanol–water partition coefficient (Wildman–Crippen LogP) is 3.27. The second-order valence-corrected chi connectivity index (χ2v) is 10.7. The molecule has 210 valence electrons. The van der Waals surface area contributed by atoms with Gasteiger partial charge in [0.15, 0.2) is 0 Å². The third kappa shape index (κ3) is 7.14. The van der Waals surface area contributed by atoms with E-state index in [0.717, 1.165) is 18.5 Å². The lowest BCUT2D eigenvalue weighted by Crippen LogP contribution is -2.53. The first-order valence-corrected chi connectivity index (χ1v) is 13.1. The van der Waals surface area contributed by atoms with Gasteiger partial charge in [-0.2, -0.15) is 0 Å². The molecule has 39 heavy (non-hydrogen) atoms. The number of carbonyl (C=O) groups is 3. The Morgan fingerprint density at radius 3 is 2.51 bits per heavy atom. The van der Waals surface area contributed by atoms with E-state index in [4.69, 9.17) is 15.2 Å². The number of ether oxygens (including phenoxy) is 2. The number of carbonyl (C=O) groups excluding carboxylic acids is 3. The highest BCUT2D eigenvalue weighted by Crippen LogP contribution is 2.27. The van der Waals surface area contributed by atoms with Crippen LogP contribution in [0.2, 0.25) is 0 Å². The Morgan fingerprint density at radius 1 is 1.10 bits per heavy atom. The predicted molar refractivity (Wildman–Crippen MR) is 147 cm³/mol. The molecular weight excluding hydrogens is 502 g/mol. The van der Waals surface area contributed by atoms with Crippen LogP contribution in [-0.2, 0) is 14.3 Å². The molecule has 0 bridgehead atoms. The summed E-state index contributed by atoms with van der Waals surface area (Å²) >= 11 is 0. The van der Waals surface area contributed by atoms with Gasteiger partial charge < -0.3 is 35.6 Å². The van der Waals surface area contributed by atoms with Crippen molar-refractivity contribution in [3.63, 3.8) is 0 Å². The van der Waals surface area contributed by atoms with Crippen molar-refractivity contribution in [2.45, 2.75) is 64.2 Å². The Balaban J connectivity index is 1.46. The Labute approximate surface area is 228 Å². The summed E-state index contributed by atoms with van der Waals surface area (Å²) < 4.78 is 11.2. The van der Waals surface area contributed by atoms with Crippen LogP contribution in [0.3, 0.4) is 0 Å². The molecule has 4 N–H and O–H groups in total. The molecule has 2 atom stereocenters. The minimum Gasteiger partial charge on any atom is -0.444 e. The SMILES string of the molecule is CO[C@H]1CN(C(=O)OC(C)(C)C)CC[C@H]1Nc1cc(Nc2ccc(N3CCCCC3=O)cn2)ncc1C(N)=O. The number of likely N-dealkylation sites (tertiary alicyclic amines) is 1. The van der Waals surface area contributed by atoms with Gasteiger partial charge in [0.25, 0.3) is 5.91 Å². The largest absolute Gasteiger partial charge is 0.444 e. The topological polar surface area (TPSA) is 152 Å². The quantitative estimate of drug-likeness (QED) is 0.481. The van der Waals surface area contributed by atoms with Crippen LogP contribution >= 0.6 is 0 Å². The van der Waals surface area contributed by atoms with Crippen molar-refractivity contribution < 1.29 is 23.9 Å². The van der Waals surface area contributed by atoms with E-state index in [1.165, 1.54) is 6.20 Å². The molecule has 2 saturated heterocycles. The first kappa shape index (κ1) is 28.1. The number of amides is 3. The zero-order valence-corrected chi connectivity index (χ0v) is 22.9. The maximum atomic E-state index is 12.6. The summed E-state index contributed by atoms with van der Waals surface area (Å²) in [6.45, 7) is 6.97. The van der Waals surface area contributed by atoms with Crippen molar-refractivity contribution >= 4 is 40.9 Å². The molecule has 3 amide bonds. The first-order valence-electron chi connectivity index (χ1n) is 13.1. The molecule has 0 radical (unpaired) electrons. The number of methoxy groups -OCH3 is 1. The molecule has 0 aliphatic carbocycles. The van der Waals surface area contributed by atoms with Gasteiger partial charge in [-0.05, 0) is 52.2 Å². The van der Waals surface area contributed by atoms with Gasteiger partial charge in [-0.15, -0.1) is 0 Å². The molecular formula is C27H37N7O5. The van der Waals surface area contributed by atoms with Crippen LogP contribution in [0, 0.1) is 0 Å². The number of pyridine rings is 2. The molecule has 2 aliphatic rings.